The molecule has 0 aromatic heterocycles. The molecule has 4 rings (SSSR count). The van der Waals surface area contributed by atoms with E-state index in [1.54, 1.807) is 12.1 Å². The summed E-state index contributed by atoms with van der Waals surface area (Å²) in [6.45, 7) is 1.35. The largest absolute Gasteiger partial charge is 0.374 e. The smallest absolute Gasteiger partial charge is 0.230 e. The molecule has 1 aromatic carbocycles. The first-order chi connectivity index (χ1) is 11.2. The zero-order chi connectivity index (χ0) is 15.8. The Labute approximate surface area is 136 Å². The number of amides is 1. The van der Waals surface area contributed by atoms with Crippen LogP contribution in [0.4, 0.5) is 4.39 Å². The number of carbonyl (C=O) groups excluding carboxylic acids is 1. The molecule has 3 aliphatic rings. The van der Waals surface area contributed by atoms with Crippen LogP contribution >= 0.6 is 0 Å². The van der Waals surface area contributed by atoms with Crippen LogP contribution in [0.3, 0.4) is 0 Å². The Morgan fingerprint density at radius 3 is 2.61 bits per heavy atom. The van der Waals surface area contributed by atoms with Crippen LogP contribution in [0.15, 0.2) is 24.3 Å². The Kier molecular flexibility index (Phi) is 4.10. The molecule has 124 valence electrons. The SMILES string of the molecule is O=C(C(c1ccc(F)cc1)C1CC1)N1CCOC2CCCCC21. The normalized spacial score (nSPS) is 29.0. The van der Waals surface area contributed by atoms with Crippen LogP contribution in [0.5, 0.6) is 0 Å². The maximum Gasteiger partial charge on any atom is 0.230 e. The predicted octanol–water partition coefficient (Wildman–Crippen LogP) is 3.49. The van der Waals surface area contributed by atoms with Crippen molar-refractivity contribution >= 4 is 5.91 Å². The minimum Gasteiger partial charge on any atom is -0.374 e. The summed E-state index contributed by atoms with van der Waals surface area (Å²) < 4.78 is 19.1. The average Bonchev–Trinajstić information content (AvgIpc) is 3.41. The van der Waals surface area contributed by atoms with Gasteiger partial charge in [-0.05, 0) is 49.3 Å². The molecule has 0 N–H and O–H groups in total. The minimum absolute atomic E-state index is 0.101. The molecule has 1 amide bonds. The summed E-state index contributed by atoms with van der Waals surface area (Å²) in [6, 6.07) is 6.76. The number of halogens is 1. The van der Waals surface area contributed by atoms with Crippen molar-refractivity contribution in [1.29, 1.82) is 0 Å². The van der Waals surface area contributed by atoms with E-state index in [2.05, 4.69) is 4.90 Å². The van der Waals surface area contributed by atoms with Gasteiger partial charge in [0.25, 0.3) is 0 Å². The number of fused-ring (bicyclic) bond motifs is 1. The number of hydrogen-bond acceptors (Lipinski definition) is 2. The van der Waals surface area contributed by atoms with E-state index in [0.717, 1.165) is 31.2 Å². The number of benzene rings is 1. The first-order valence-electron chi connectivity index (χ1n) is 8.91. The molecule has 1 aromatic rings. The van der Waals surface area contributed by atoms with E-state index in [1.807, 2.05) is 0 Å². The topological polar surface area (TPSA) is 29.5 Å². The zero-order valence-electron chi connectivity index (χ0n) is 13.4. The Morgan fingerprint density at radius 1 is 1.13 bits per heavy atom. The van der Waals surface area contributed by atoms with Crippen molar-refractivity contribution in [1.82, 2.24) is 4.90 Å². The highest BCUT2D eigenvalue weighted by atomic mass is 19.1. The summed E-state index contributed by atoms with van der Waals surface area (Å²) in [7, 11) is 0. The fraction of sp³-hybridized carbons (Fsp3) is 0.632. The molecular weight excluding hydrogens is 293 g/mol. The molecule has 3 nitrogen and oxygen atoms in total. The second kappa shape index (κ2) is 6.23. The van der Waals surface area contributed by atoms with E-state index in [9.17, 15) is 9.18 Å². The van der Waals surface area contributed by atoms with Crippen LogP contribution < -0.4 is 0 Å². The lowest BCUT2D eigenvalue weighted by Crippen LogP contribution is -2.56. The van der Waals surface area contributed by atoms with Crippen molar-refractivity contribution in [3.8, 4) is 0 Å². The van der Waals surface area contributed by atoms with E-state index < -0.39 is 0 Å². The highest BCUT2D eigenvalue weighted by Gasteiger charge is 2.44. The van der Waals surface area contributed by atoms with Crippen LogP contribution in [0.25, 0.3) is 0 Å². The molecule has 1 saturated heterocycles. The predicted molar refractivity (Wildman–Crippen MR) is 85.6 cm³/mol. The summed E-state index contributed by atoms with van der Waals surface area (Å²) in [5.74, 6) is 0.322. The van der Waals surface area contributed by atoms with Gasteiger partial charge in [-0.3, -0.25) is 4.79 Å². The van der Waals surface area contributed by atoms with Crippen molar-refractivity contribution < 1.29 is 13.9 Å². The minimum atomic E-state index is -0.241. The molecule has 0 radical (unpaired) electrons. The molecule has 3 fully saturated rings. The van der Waals surface area contributed by atoms with Gasteiger partial charge < -0.3 is 9.64 Å². The van der Waals surface area contributed by atoms with E-state index in [4.69, 9.17) is 4.74 Å². The molecule has 1 aliphatic heterocycles. The van der Waals surface area contributed by atoms with Crippen LogP contribution in [0, 0.1) is 11.7 Å². The summed E-state index contributed by atoms with van der Waals surface area (Å²) in [5, 5.41) is 0. The Bertz CT molecular complexity index is 567. The quantitative estimate of drug-likeness (QED) is 0.854. The molecule has 3 unspecified atom stereocenters. The third kappa shape index (κ3) is 3.01. The first-order valence-corrected chi connectivity index (χ1v) is 8.91. The third-order valence-corrected chi connectivity index (χ3v) is 5.60. The number of morpholine rings is 1. The fourth-order valence-electron chi connectivity index (χ4n) is 4.26. The summed E-state index contributed by atoms with van der Waals surface area (Å²) in [5.41, 5.74) is 0.970. The molecular formula is C19H24FNO2. The summed E-state index contributed by atoms with van der Waals surface area (Å²) >= 11 is 0. The number of ether oxygens (including phenoxy) is 1. The Hall–Kier alpha value is -1.42. The van der Waals surface area contributed by atoms with E-state index in [-0.39, 0.29) is 29.8 Å². The average molecular weight is 317 g/mol. The lowest BCUT2D eigenvalue weighted by molar-refractivity contribution is -0.151. The monoisotopic (exact) mass is 317 g/mol. The van der Waals surface area contributed by atoms with Crippen molar-refractivity contribution in [2.45, 2.75) is 56.6 Å². The van der Waals surface area contributed by atoms with Crippen molar-refractivity contribution in [2.75, 3.05) is 13.2 Å². The first kappa shape index (κ1) is 15.1. The second-order valence-electron chi connectivity index (χ2n) is 7.16. The van der Waals surface area contributed by atoms with E-state index in [1.165, 1.54) is 25.0 Å². The van der Waals surface area contributed by atoms with Gasteiger partial charge in [-0.2, -0.15) is 0 Å². The zero-order valence-corrected chi connectivity index (χ0v) is 13.4. The van der Waals surface area contributed by atoms with Gasteiger partial charge in [0.2, 0.25) is 5.91 Å². The third-order valence-electron chi connectivity index (χ3n) is 5.60. The maximum atomic E-state index is 13.3. The molecule has 0 bridgehead atoms. The Morgan fingerprint density at radius 2 is 1.87 bits per heavy atom. The number of rotatable bonds is 3. The van der Waals surface area contributed by atoms with Gasteiger partial charge in [0.05, 0.1) is 24.7 Å². The van der Waals surface area contributed by atoms with Gasteiger partial charge in [-0.15, -0.1) is 0 Å². The highest BCUT2D eigenvalue weighted by Crippen LogP contribution is 2.44. The number of nitrogens with zero attached hydrogens (tertiary/aromatic N) is 1. The second-order valence-corrected chi connectivity index (χ2v) is 7.16. The molecule has 2 aliphatic carbocycles. The van der Waals surface area contributed by atoms with E-state index in [0.29, 0.717) is 19.1 Å². The number of carbonyl (C=O) groups is 1. The summed E-state index contributed by atoms with van der Waals surface area (Å²) in [6.07, 6.45) is 6.93. The molecule has 0 spiro atoms. The van der Waals surface area contributed by atoms with Crippen LogP contribution in [-0.2, 0) is 9.53 Å². The maximum absolute atomic E-state index is 13.3. The van der Waals surface area contributed by atoms with Gasteiger partial charge in [0.1, 0.15) is 5.82 Å². The van der Waals surface area contributed by atoms with Crippen molar-refractivity contribution in [3.63, 3.8) is 0 Å². The molecule has 3 atom stereocenters. The van der Waals surface area contributed by atoms with Gasteiger partial charge >= 0.3 is 0 Å². The number of hydrogen-bond donors (Lipinski definition) is 0. The van der Waals surface area contributed by atoms with Gasteiger partial charge in [0, 0.05) is 6.54 Å². The highest BCUT2D eigenvalue weighted by molar-refractivity contribution is 5.85. The van der Waals surface area contributed by atoms with Crippen LogP contribution in [-0.4, -0.2) is 36.1 Å². The van der Waals surface area contributed by atoms with Gasteiger partial charge in [-0.1, -0.05) is 25.0 Å². The van der Waals surface area contributed by atoms with E-state index >= 15 is 0 Å². The Balaban J connectivity index is 1.58. The lowest BCUT2D eigenvalue weighted by Gasteiger charge is -2.45. The lowest BCUT2D eigenvalue weighted by atomic mass is 9.87. The van der Waals surface area contributed by atoms with Crippen LogP contribution in [0.1, 0.15) is 50.0 Å². The standard InChI is InChI=1S/C19H24FNO2/c20-15-9-7-14(8-10-15)18(13-5-6-13)19(22)21-11-12-23-17-4-2-1-3-16(17)21/h7-10,13,16-18H,1-6,11-12H2. The van der Waals surface area contributed by atoms with Crippen molar-refractivity contribution in [2.24, 2.45) is 5.92 Å². The van der Waals surface area contributed by atoms with Crippen molar-refractivity contribution in [3.05, 3.63) is 35.6 Å². The molecule has 4 heteroatoms. The summed E-state index contributed by atoms with van der Waals surface area (Å²) in [4.78, 5) is 15.4. The molecule has 23 heavy (non-hydrogen) atoms. The fourth-order valence-corrected chi connectivity index (χ4v) is 4.26. The van der Waals surface area contributed by atoms with Gasteiger partial charge in [0.15, 0.2) is 0 Å². The molecule has 2 saturated carbocycles. The molecule has 1 heterocycles. The van der Waals surface area contributed by atoms with Gasteiger partial charge in [-0.25, -0.2) is 4.39 Å². The van der Waals surface area contributed by atoms with Crippen LogP contribution in [0.2, 0.25) is 0 Å².